The number of piperidine rings is 1. The van der Waals surface area contributed by atoms with Crippen molar-refractivity contribution in [2.45, 2.75) is 25.8 Å². The van der Waals surface area contributed by atoms with E-state index in [4.69, 9.17) is 5.73 Å². The van der Waals surface area contributed by atoms with Gasteiger partial charge in [-0.15, -0.1) is 0 Å². The van der Waals surface area contributed by atoms with Gasteiger partial charge in [-0.25, -0.2) is 8.78 Å². The van der Waals surface area contributed by atoms with Crippen LogP contribution in [0, 0.1) is 5.92 Å². The quantitative estimate of drug-likeness (QED) is 0.903. The number of aromatic nitrogens is 1. The third-order valence-electron chi connectivity index (χ3n) is 3.52. The molecule has 0 saturated carbocycles. The van der Waals surface area contributed by atoms with Gasteiger partial charge in [0.1, 0.15) is 5.69 Å². The molecule has 2 heterocycles. The van der Waals surface area contributed by atoms with Crippen LogP contribution < -0.4 is 5.73 Å². The highest BCUT2D eigenvalue weighted by molar-refractivity contribution is 5.92. The van der Waals surface area contributed by atoms with Crippen LogP contribution in [-0.4, -0.2) is 41.4 Å². The third kappa shape index (κ3) is 3.32. The smallest absolute Gasteiger partial charge is 0.270 e. The number of carbonyl (C=O) groups is 1. The van der Waals surface area contributed by atoms with Crippen molar-refractivity contribution in [3.8, 4) is 0 Å². The lowest BCUT2D eigenvalue weighted by Gasteiger charge is -2.32. The van der Waals surface area contributed by atoms with E-state index in [0.29, 0.717) is 31.2 Å². The lowest BCUT2D eigenvalue weighted by molar-refractivity contribution is 0.0658. The number of hydrogen-bond donors (Lipinski definition) is 1. The second-order valence-corrected chi connectivity index (χ2v) is 4.93. The van der Waals surface area contributed by atoms with E-state index < -0.39 is 13.0 Å². The van der Waals surface area contributed by atoms with Gasteiger partial charge in [0.2, 0.25) is 0 Å². The van der Waals surface area contributed by atoms with Crippen LogP contribution in [0.1, 0.15) is 23.3 Å². The van der Waals surface area contributed by atoms with Crippen LogP contribution in [-0.2, 0) is 6.54 Å². The summed E-state index contributed by atoms with van der Waals surface area (Å²) in [5, 5.41) is 0. The zero-order valence-corrected chi connectivity index (χ0v) is 10.8. The number of nitrogens with zero attached hydrogens (tertiary/aromatic N) is 2. The average molecular weight is 271 g/mol. The predicted molar refractivity (Wildman–Crippen MR) is 68.1 cm³/mol. The largest absolute Gasteiger partial charge is 0.338 e. The maximum absolute atomic E-state index is 12.4. The molecular formula is C13H19F2N3O. The fraction of sp³-hybridized carbons (Fsp3) is 0.615. The first-order valence-corrected chi connectivity index (χ1v) is 6.54. The lowest BCUT2D eigenvalue weighted by Crippen LogP contribution is -2.42. The molecule has 0 bridgehead atoms. The Bertz CT molecular complexity index is 433. The van der Waals surface area contributed by atoms with Crippen LogP contribution in [0.3, 0.4) is 0 Å². The second-order valence-electron chi connectivity index (χ2n) is 4.93. The number of nitrogens with two attached hydrogens (primary N) is 1. The van der Waals surface area contributed by atoms with Gasteiger partial charge in [-0.1, -0.05) is 0 Å². The number of likely N-dealkylation sites (tertiary alicyclic amines) is 1. The monoisotopic (exact) mass is 271 g/mol. The summed E-state index contributed by atoms with van der Waals surface area (Å²) in [5.74, 6) is 0.139. The Balaban J connectivity index is 2.08. The highest BCUT2D eigenvalue weighted by Crippen LogP contribution is 2.18. The normalized spacial score (nSPS) is 20.0. The maximum atomic E-state index is 12.4. The Labute approximate surface area is 111 Å². The van der Waals surface area contributed by atoms with Crippen molar-refractivity contribution in [1.29, 1.82) is 0 Å². The van der Waals surface area contributed by atoms with Gasteiger partial charge < -0.3 is 15.2 Å². The van der Waals surface area contributed by atoms with Gasteiger partial charge in [0.15, 0.2) is 0 Å². The topological polar surface area (TPSA) is 51.3 Å². The molecule has 106 valence electrons. The first kappa shape index (κ1) is 14.0. The van der Waals surface area contributed by atoms with Gasteiger partial charge in [0.05, 0.1) is 6.54 Å². The van der Waals surface area contributed by atoms with Gasteiger partial charge >= 0.3 is 0 Å². The molecule has 1 aliphatic rings. The Morgan fingerprint density at radius 3 is 3.00 bits per heavy atom. The summed E-state index contributed by atoms with van der Waals surface area (Å²) in [7, 11) is 0. The second kappa shape index (κ2) is 6.14. The highest BCUT2D eigenvalue weighted by atomic mass is 19.3. The molecule has 1 fully saturated rings. The van der Waals surface area contributed by atoms with Gasteiger partial charge in [-0.05, 0) is 37.4 Å². The molecule has 19 heavy (non-hydrogen) atoms. The molecule has 0 aliphatic carbocycles. The summed E-state index contributed by atoms with van der Waals surface area (Å²) in [6, 6.07) is 3.22. The number of amides is 1. The van der Waals surface area contributed by atoms with Crippen LogP contribution in [0.2, 0.25) is 0 Å². The standard InChI is InChI=1S/C13H19F2N3O/c14-12(15)9-17-5-2-4-11(17)13(19)18-6-1-3-10(7-16)8-18/h2,4-5,10,12H,1,3,6-9,16H2. The van der Waals surface area contributed by atoms with Crippen LogP contribution in [0.4, 0.5) is 8.78 Å². The molecular weight excluding hydrogens is 252 g/mol. The Kier molecular flexibility index (Phi) is 4.52. The molecule has 0 radical (unpaired) electrons. The van der Waals surface area contributed by atoms with Gasteiger partial charge in [0, 0.05) is 19.3 Å². The molecule has 6 heteroatoms. The minimum atomic E-state index is -2.46. The van der Waals surface area contributed by atoms with Crippen molar-refractivity contribution in [3.05, 3.63) is 24.0 Å². The van der Waals surface area contributed by atoms with E-state index in [9.17, 15) is 13.6 Å². The summed E-state index contributed by atoms with van der Waals surface area (Å²) < 4.78 is 26.2. The molecule has 2 N–H and O–H groups in total. The SMILES string of the molecule is NCC1CCCN(C(=O)c2cccn2CC(F)F)C1. The van der Waals surface area contributed by atoms with Gasteiger partial charge in [-0.2, -0.15) is 0 Å². The molecule has 1 unspecified atom stereocenters. The first-order valence-electron chi connectivity index (χ1n) is 6.54. The third-order valence-corrected chi connectivity index (χ3v) is 3.52. The summed E-state index contributed by atoms with van der Waals surface area (Å²) in [5.41, 5.74) is 5.97. The van der Waals surface area contributed by atoms with E-state index in [1.165, 1.54) is 10.8 Å². The van der Waals surface area contributed by atoms with E-state index in [-0.39, 0.29) is 5.91 Å². The molecule has 0 aromatic carbocycles. The van der Waals surface area contributed by atoms with Crippen molar-refractivity contribution in [2.75, 3.05) is 19.6 Å². The maximum Gasteiger partial charge on any atom is 0.270 e. The number of halogens is 2. The van der Waals surface area contributed by atoms with Crippen LogP contribution in [0.15, 0.2) is 18.3 Å². The van der Waals surface area contributed by atoms with Gasteiger partial charge in [0.25, 0.3) is 12.3 Å². The van der Waals surface area contributed by atoms with Crippen molar-refractivity contribution < 1.29 is 13.6 Å². The number of carbonyl (C=O) groups excluding carboxylic acids is 1. The van der Waals surface area contributed by atoms with E-state index in [0.717, 1.165) is 12.8 Å². The van der Waals surface area contributed by atoms with Crippen molar-refractivity contribution >= 4 is 5.91 Å². The molecule has 1 atom stereocenters. The molecule has 4 nitrogen and oxygen atoms in total. The zero-order valence-electron chi connectivity index (χ0n) is 10.8. The van der Waals surface area contributed by atoms with Crippen molar-refractivity contribution in [1.82, 2.24) is 9.47 Å². The van der Waals surface area contributed by atoms with Crippen LogP contribution >= 0.6 is 0 Å². The van der Waals surface area contributed by atoms with Crippen molar-refractivity contribution in [2.24, 2.45) is 11.7 Å². The number of alkyl halides is 2. The minimum Gasteiger partial charge on any atom is -0.338 e. The molecule has 1 saturated heterocycles. The van der Waals surface area contributed by atoms with Crippen LogP contribution in [0.25, 0.3) is 0 Å². The van der Waals surface area contributed by atoms with Crippen LogP contribution in [0.5, 0.6) is 0 Å². The predicted octanol–water partition coefficient (Wildman–Crippen LogP) is 1.56. The molecule has 1 aromatic rings. The minimum absolute atomic E-state index is 0.177. The average Bonchev–Trinajstić information content (AvgIpc) is 2.85. The number of hydrogen-bond acceptors (Lipinski definition) is 2. The van der Waals surface area contributed by atoms with Gasteiger partial charge in [-0.3, -0.25) is 4.79 Å². The molecule has 1 aliphatic heterocycles. The summed E-state index contributed by atoms with van der Waals surface area (Å²) in [6.45, 7) is 1.41. The lowest BCUT2D eigenvalue weighted by atomic mass is 9.98. The summed E-state index contributed by atoms with van der Waals surface area (Å²) >= 11 is 0. The Hall–Kier alpha value is -1.43. The van der Waals surface area contributed by atoms with Crippen molar-refractivity contribution in [3.63, 3.8) is 0 Å². The highest BCUT2D eigenvalue weighted by Gasteiger charge is 2.25. The number of rotatable bonds is 4. The molecule has 1 aromatic heterocycles. The van der Waals surface area contributed by atoms with E-state index in [1.807, 2.05) is 0 Å². The fourth-order valence-electron chi connectivity index (χ4n) is 2.52. The molecule has 0 spiro atoms. The molecule has 1 amide bonds. The zero-order chi connectivity index (χ0) is 13.8. The van der Waals surface area contributed by atoms with E-state index in [1.54, 1.807) is 17.0 Å². The summed E-state index contributed by atoms with van der Waals surface area (Å²) in [6.07, 6.45) is 1.00. The fourth-order valence-corrected chi connectivity index (χ4v) is 2.52. The van der Waals surface area contributed by atoms with E-state index in [2.05, 4.69) is 0 Å². The van der Waals surface area contributed by atoms with E-state index >= 15 is 0 Å². The Morgan fingerprint density at radius 2 is 2.32 bits per heavy atom. The Morgan fingerprint density at radius 1 is 1.53 bits per heavy atom. The summed E-state index contributed by atoms with van der Waals surface area (Å²) in [4.78, 5) is 14.1. The molecule has 2 rings (SSSR count). The first-order chi connectivity index (χ1) is 9.11.